The molecule has 0 aromatic heterocycles. The van der Waals surface area contributed by atoms with Crippen LogP contribution in [0.15, 0.2) is 84.4 Å². The molecule has 0 radical (unpaired) electrons. The number of aliphatic hydroxyl groups excluding tert-OH is 1. The highest BCUT2D eigenvalue weighted by Crippen LogP contribution is 2.42. The number of anilines is 1. The molecule has 0 bridgehead atoms. The van der Waals surface area contributed by atoms with Crippen LogP contribution < -0.4 is 4.90 Å². The van der Waals surface area contributed by atoms with Crippen LogP contribution in [0.1, 0.15) is 34.5 Å². The van der Waals surface area contributed by atoms with Gasteiger partial charge in [0.25, 0.3) is 11.7 Å². The molecule has 0 spiro atoms. The van der Waals surface area contributed by atoms with Gasteiger partial charge in [0.15, 0.2) is 5.78 Å². The number of carbonyl (C=O) groups excluding carboxylic acids is 3. The van der Waals surface area contributed by atoms with E-state index in [9.17, 15) is 23.9 Å². The number of carbonyl (C=O) groups is 3. The van der Waals surface area contributed by atoms with E-state index in [0.29, 0.717) is 16.8 Å². The summed E-state index contributed by atoms with van der Waals surface area (Å²) >= 11 is 0. The maximum absolute atomic E-state index is 14.8. The SMILES string of the molecule is CC(=O)c1ccc(N2C(=O)C(=O)C(=C(O)c3ccccc3)C2c2ccccc2F)cc1. The van der Waals surface area contributed by atoms with E-state index in [1.54, 1.807) is 36.4 Å². The van der Waals surface area contributed by atoms with Gasteiger partial charge in [0.05, 0.1) is 11.6 Å². The number of Topliss-reactive ketones (excluding diaryl/α,β-unsaturated/α-hetero) is 2. The zero-order chi connectivity index (χ0) is 22.1. The summed E-state index contributed by atoms with van der Waals surface area (Å²) < 4.78 is 14.8. The van der Waals surface area contributed by atoms with Crippen molar-refractivity contribution < 1.29 is 23.9 Å². The van der Waals surface area contributed by atoms with Crippen molar-refractivity contribution in [3.8, 4) is 0 Å². The van der Waals surface area contributed by atoms with Gasteiger partial charge in [-0.2, -0.15) is 0 Å². The van der Waals surface area contributed by atoms with E-state index in [0.717, 1.165) is 4.90 Å². The van der Waals surface area contributed by atoms with Gasteiger partial charge in [-0.3, -0.25) is 19.3 Å². The first kappa shape index (κ1) is 20.2. The van der Waals surface area contributed by atoms with Crippen molar-refractivity contribution in [3.05, 3.63) is 107 Å². The molecule has 6 heteroatoms. The molecule has 1 atom stereocenters. The Kier molecular flexibility index (Phi) is 5.21. The second-order valence-electron chi connectivity index (χ2n) is 7.16. The Balaban J connectivity index is 1.94. The zero-order valence-corrected chi connectivity index (χ0v) is 16.6. The molecule has 1 aliphatic heterocycles. The van der Waals surface area contributed by atoms with Crippen LogP contribution in [-0.2, 0) is 9.59 Å². The molecule has 1 amide bonds. The predicted molar refractivity (Wildman–Crippen MR) is 114 cm³/mol. The fourth-order valence-electron chi connectivity index (χ4n) is 3.70. The Hall–Kier alpha value is -4.06. The van der Waals surface area contributed by atoms with E-state index in [4.69, 9.17) is 0 Å². The molecule has 1 saturated heterocycles. The number of aliphatic hydroxyl groups is 1. The third-order valence-electron chi connectivity index (χ3n) is 5.24. The van der Waals surface area contributed by atoms with E-state index < -0.39 is 23.5 Å². The third kappa shape index (κ3) is 3.53. The molecule has 5 nitrogen and oxygen atoms in total. The van der Waals surface area contributed by atoms with E-state index in [1.165, 1.54) is 49.4 Å². The first-order chi connectivity index (χ1) is 14.9. The number of nitrogens with zero attached hydrogens (tertiary/aromatic N) is 1. The summed E-state index contributed by atoms with van der Waals surface area (Å²) in [5.41, 5.74) is 0.972. The lowest BCUT2D eigenvalue weighted by molar-refractivity contribution is -0.132. The van der Waals surface area contributed by atoms with Crippen LogP contribution in [0.4, 0.5) is 10.1 Å². The van der Waals surface area contributed by atoms with Gasteiger partial charge in [-0.05, 0) is 37.3 Å². The molecule has 0 saturated carbocycles. The number of benzene rings is 3. The second-order valence-corrected chi connectivity index (χ2v) is 7.16. The van der Waals surface area contributed by atoms with E-state index in [-0.39, 0.29) is 22.7 Å². The number of amides is 1. The van der Waals surface area contributed by atoms with Crippen molar-refractivity contribution in [1.29, 1.82) is 0 Å². The number of hydrogen-bond donors (Lipinski definition) is 1. The van der Waals surface area contributed by atoms with Crippen LogP contribution in [0, 0.1) is 5.82 Å². The minimum absolute atomic E-state index is 0.0785. The molecule has 1 heterocycles. The van der Waals surface area contributed by atoms with Gasteiger partial charge in [0.1, 0.15) is 11.6 Å². The Bertz CT molecular complexity index is 1220. The maximum Gasteiger partial charge on any atom is 0.300 e. The van der Waals surface area contributed by atoms with Crippen LogP contribution in [0.25, 0.3) is 5.76 Å². The lowest BCUT2D eigenvalue weighted by Gasteiger charge is -2.25. The van der Waals surface area contributed by atoms with Crippen LogP contribution in [0.2, 0.25) is 0 Å². The topological polar surface area (TPSA) is 74.7 Å². The minimum atomic E-state index is -1.16. The van der Waals surface area contributed by atoms with E-state index >= 15 is 0 Å². The molecule has 3 aromatic rings. The summed E-state index contributed by atoms with van der Waals surface area (Å²) in [6.45, 7) is 1.42. The van der Waals surface area contributed by atoms with Gasteiger partial charge in [-0.15, -0.1) is 0 Å². The molecule has 1 fully saturated rings. The summed E-state index contributed by atoms with van der Waals surface area (Å²) in [5.74, 6) is -2.94. The van der Waals surface area contributed by atoms with Crippen molar-refractivity contribution in [2.75, 3.05) is 4.90 Å². The monoisotopic (exact) mass is 415 g/mol. The lowest BCUT2D eigenvalue weighted by atomic mass is 9.94. The zero-order valence-electron chi connectivity index (χ0n) is 16.6. The number of rotatable bonds is 4. The first-order valence-corrected chi connectivity index (χ1v) is 9.62. The van der Waals surface area contributed by atoms with Crippen molar-refractivity contribution in [2.45, 2.75) is 13.0 Å². The molecule has 0 aliphatic carbocycles. The highest BCUT2D eigenvalue weighted by molar-refractivity contribution is 6.51. The van der Waals surface area contributed by atoms with Gasteiger partial charge in [-0.25, -0.2) is 4.39 Å². The van der Waals surface area contributed by atoms with Crippen molar-refractivity contribution in [2.24, 2.45) is 0 Å². The minimum Gasteiger partial charge on any atom is -0.507 e. The Morgan fingerprint density at radius 3 is 2.10 bits per heavy atom. The normalized spacial score (nSPS) is 17.7. The second kappa shape index (κ2) is 7.99. The summed E-state index contributed by atoms with van der Waals surface area (Å²) in [7, 11) is 0. The predicted octanol–water partition coefficient (Wildman–Crippen LogP) is 4.65. The van der Waals surface area contributed by atoms with E-state index in [1.807, 2.05) is 0 Å². The van der Waals surface area contributed by atoms with Gasteiger partial charge in [-0.1, -0.05) is 48.5 Å². The molecule has 4 rings (SSSR count). The van der Waals surface area contributed by atoms with Crippen molar-refractivity contribution in [1.82, 2.24) is 0 Å². The molecule has 3 aromatic carbocycles. The van der Waals surface area contributed by atoms with Crippen LogP contribution in [0.5, 0.6) is 0 Å². The molecule has 1 aliphatic rings. The molecule has 31 heavy (non-hydrogen) atoms. The number of ketones is 2. The van der Waals surface area contributed by atoms with Gasteiger partial charge < -0.3 is 5.11 Å². The lowest BCUT2D eigenvalue weighted by Crippen LogP contribution is -2.29. The molecule has 1 N–H and O–H groups in total. The largest absolute Gasteiger partial charge is 0.507 e. The Morgan fingerprint density at radius 2 is 1.48 bits per heavy atom. The van der Waals surface area contributed by atoms with Crippen LogP contribution >= 0.6 is 0 Å². The summed E-state index contributed by atoms with van der Waals surface area (Å²) in [6.07, 6.45) is 0. The molecular formula is C25H18FNO4. The highest BCUT2D eigenvalue weighted by Gasteiger charge is 2.47. The number of hydrogen-bond acceptors (Lipinski definition) is 4. The molecular weight excluding hydrogens is 397 g/mol. The van der Waals surface area contributed by atoms with Gasteiger partial charge >= 0.3 is 0 Å². The fourth-order valence-corrected chi connectivity index (χ4v) is 3.70. The third-order valence-corrected chi connectivity index (χ3v) is 5.24. The quantitative estimate of drug-likeness (QED) is 0.291. The fraction of sp³-hybridized carbons (Fsp3) is 0.0800. The number of halogens is 1. The smallest absolute Gasteiger partial charge is 0.300 e. The maximum atomic E-state index is 14.8. The van der Waals surface area contributed by atoms with Crippen molar-refractivity contribution >= 4 is 28.9 Å². The van der Waals surface area contributed by atoms with Crippen LogP contribution in [0.3, 0.4) is 0 Å². The van der Waals surface area contributed by atoms with E-state index in [2.05, 4.69) is 0 Å². The molecule has 154 valence electrons. The highest BCUT2D eigenvalue weighted by atomic mass is 19.1. The Morgan fingerprint density at radius 1 is 0.871 bits per heavy atom. The average Bonchev–Trinajstić information content (AvgIpc) is 3.04. The van der Waals surface area contributed by atoms with Gasteiger partial charge in [0, 0.05) is 22.4 Å². The van der Waals surface area contributed by atoms with Crippen LogP contribution in [-0.4, -0.2) is 22.6 Å². The first-order valence-electron chi connectivity index (χ1n) is 9.62. The Labute approximate surface area is 178 Å². The summed E-state index contributed by atoms with van der Waals surface area (Å²) in [6, 6.07) is 19.1. The average molecular weight is 415 g/mol. The molecule has 1 unspecified atom stereocenters. The van der Waals surface area contributed by atoms with Gasteiger partial charge in [0.2, 0.25) is 0 Å². The van der Waals surface area contributed by atoms with Crippen molar-refractivity contribution in [3.63, 3.8) is 0 Å². The summed E-state index contributed by atoms with van der Waals surface area (Å²) in [4.78, 5) is 38.7. The standard InChI is InChI=1S/C25H18FNO4/c1-15(28)16-11-13-18(14-12-16)27-22(19-9-5-6-10-20(19)26)21(24(30)25(27)31)23(29)17-7-3-2-4-8-17/h2-14,22,29H,1H3. The summed E-state index contributed by atoms with van der Waals surface area (Å²) in [5, 5.41) is 10.9.